The molecular weight excluding hydrogens is 344 g/mol. The van der Waals surface area contributed by atoms with Crippen molar-refractivity contribution in [3.05, 3.63) is 57.8 Å². The summed E-state index contributed by atoms with van der Waals surface area (Å²) in [5.74, 6) is 0.0325. The fraction of sp³-hybridized carbons (Fsp3) is 0.429. The minimum absolute atomic E-state index is 0.0152. The summed E-state index contributed by atoms with van der Waals surface area (Å²) in [5, 5.41) is 1.80. The summed E-state index contributed by atoms with van der Waals surface area (Å²) in [6.07, 6.45) is 3.19. The lowest BCUT2D eigenvalue weighted by molar-refractivity contribution is 0.0620. The average molecular weight is 371 g/mol. The molecule has 4 nitrogen and oxygen atoms in total. The smallest absolute Gasteiger partial charge is 0.254 e. The zero-order valence-corrected chi connectivity index (χ0v) is 16.3. The van der Waals surface area contributed by atoms with Gasteiger partial charge in [0.1, 0.15) is 0 Å². The topological polar surface area (TPSA) is 40.6 Å². The molecule has 138 valence electrons. The quantitative estimate of drug-likeness (QED) is 0.728. The first-order chi connectivity index (χ1) is 12.5. The zero-order valence-electron chi connectivity index (χ0n) is 15.5. The second-order valence-corrected chi connectivity index (χ2v) is 7.92. The number of hydrogen-bond acceptors (Lipinski definition) is 4. The fourth-order valence-corrected chi connectivity index (χ4v) is 4.27. The Kier molecular flexibility index (Phi) is 6.22. The second kappa shape index (κ2) is 8.60. The Bertz CT molecular complexity index is 756. The maximum absolute atomic E-state index is 12.8. The van der Waals surface area contributed by atoms with E-state index in [0.29, 0.717) is 10.4 Å². The van der Waals surface area contributed by atoms with Crippen LogP contribution in [-0.2, 0) is 6.42 Å². The Morgan fingerprint density at radius 1 is 1.27 bits per heavy atom. The van der Waals surface area contributed by atoms with E-state index in [1.54, 1.807) is 11.4 Å². The number of hydrogen-bond donors (Lipinski definition) is 0. The van der Waals surface area contributed by atoms with Crippen molar-refractivity contribution in [3.63, 3.8) is 0 Å². The predicted molar refractivity (Wildman–Crippen MR) is 106 cm³/mol. The third kappa shape index (κ3) is 4.59. The lowest BCUT2D eigenvalue weighted by atomic mass is 10.0. The number of likely N-dealkylation sites (tertiary alicyclic amines) is 1. The fourth-order valence-electron chi connectivity index (χ4n) is 3.48. The van der Waals surface area contributed by atoms with E-state index in [-0.39, 0.29) is 17.7 Å². The maximum atomic E-state index is 12.8. The Labute approximate surface area is 159 Å². The molecule has 1 aromatic carbocycles. The van der Waals surface area contributed by atoms with Gasteiger partial charge in [-0.05, 0) is 44.4 Å². The van der Waals surface area contributed by atoms with Crippen molar-refractivity contribution in [3.8, 4) is 0 Å². The number of ketones is 1. The molecule has 5 heteroatoms. The van der Waals surface area contributed by atoms with Crippen LogP contribution < -0.4 is 0 Å². The Morgan fingerprint density at radius 3 is 2.73 bits per heavy atom. The molecule has 2 heterocycles. The molecule has 1 atom stereocenters. The van der Waals surface area contributed by atoms with Gasteiger partial charge in [-0.1, -0.05) is 30.3 Å². The van der Waals surface area contributed by atoms with Crippen LogP contribution in [0.15, 0.2) is 41.8 Å². The molecule has 0 saturated carbocycles. The van der Waals surface area contributed by atoms with Crippen LogP contribution >= 0.6 is 11.3 Å². The molecule has 1 fully saturated rings. The van der Waals surface area contributed by atoms with E-state index in [1.807, 2.05) is 18.0 Å². The van der Waals surface area contributed by atoms with Gasteiger partial charge in [0, 0.05) is 31.6 Å². The van der Waals surface area contributed by atoms with Crippen molar-refractivity contribution in [1.29, 1.82) is 0 Å². The Balaban J connectivity index is 1.57. The number of piperidine rings is 1. The van der Waals surface area contributed by atoms with Crippen molar-refractivity contribution < 1.29 is 9.59 Å². The minimum Gasteiger partial charge on any atom is -0.337 e. The Hall–Kier alpha value is -1.98. The molecule has 1 saturated heterocycles. The summed E-state index contributed by atoms with van der Waals surface area (Å²) in [6, 6.07) is 12.5. The van der Waals surface area contributed by atoms with Gasteiger partial charge in [0.25, 0.3) is 5.91 Å². The molecule has 2 aromatic rings. The predicted octanol–water partition coefficient (Wildman–Crippen LogP) is 3.73. The molecular formula is C21H26N2O2S. The minimum atomic E-state index is 0.0152. The molecule has 0 unspecified atom stereocenters. The van der Waals surface area contributed by atoms with E-state index in [1.165, 1.54) is 23.8 Å². The van der Waals surface area contributed by atoms with Crippen LogP contribution in [0.4, 0.5) is 0 Å². The van der Waals surface area contributed by atoms with Crippen LogP contribution in [0.3, 0.4) is 0 Å². The molecule has 1 aliphatic heterocycles. The monoisotopic (exact) mass is 370 g/mol. The third-order valence-corrected chi connectivity index (χ3v) is 6.13. The van der Waals surface area contributed by atoms with E-state index in [4.69, 9.17) is 0 Å². The third-order valence-electron chi connectivity index (χ3n) is 5.10. The van der Waals surface area contributed by atoms with Crippen LogP contribution in [0.25, 0.3) is 0 Å². The van der Waals surface area contributed by atoms with Crippen molar-refractivity contribution in [2.45, 2.75) is 32.2 Å². The first-order valence-electron chi connectivity index (χ1n) is 9.17. The van der Waals surface area contributed by atoms with Crippen LogP contribution in [0.5, 0.6) is 0 Å². The summed E-state index contributed by atoms with van der Waals surface area (Å²) in [4.78, 5) is 29.2. The van der Waals surface area contributed by atoms with Crippen LogP contribution in [0, 0.1) is 0 Å². The van der Waals surface area contributed by atoms with Gasteiger partial charge < -0.3 is 9.80 Å². The second-order valence-electron chi connectivity index (χ2n) is 7.00. The van der Waals surface area contributed by atoms with Gasteiger partial charge in [-0.25, -0.2) is 0 Å². The highest BCUT2D eigenvalue weighted by Gasteiger charge is 2.27. The van der Waals surface area contributed by atoms with Crippen molar-refractivity contribution in [2.24, 2.45) is 0 Å². The molecule has 3 rings (SSSR count). The molecule has 0 spiro atoms. The number of Topliss-reactive ketones (excluding diaryl/α,β-unsaturated/α-hetero) is 1. The molecule has 0 aliphatic carbocycles. The zero-order chi connectivity index (χ0) is 18.5. The molecule has 26 heavy (non-hydrogen) atoms. The van der Waals surface area contributed by atoms with Gasteiger partial charge in [-0.2, -0.15) is 0 Å². The van der Waals surface area contributed by atoms with E-state index < -0.39 is 0 Å². The lowest BCUT2D eigenvalue weighted by Gasteiger charge is -2.37. The molecule has 0 radical (unpaired) electrons. The Morgan fingerprint density at radius 2 is 2.04 bits per heavy atom. The van der Waals surface area contributed by atoms with E-state index in [0.717, 1.165) is 38.9 Å². The van der Waals surface area contributed by atoms with Gasteiger partial charge in [-0.15, -0.1) is 11.3 Å². The molecule has 0 N–H and O–H groups in total. The highest BCUT2D eigenvalue weighted by molar-refractivity contribution is 7.12. The first-order valence-corrected chi connectivity index (χ1v) is 10.1. The number of carbonyl (C=O) groups is 2. The van der Waals surface area contributed by atoms with Crippen molar-refractivity contribution in [1.82, 2.24) is 9.80 Å². The number of thiophene rings is 1. The number of nitrogens with zero attached hydrogens (tertiary/aromatic N) is 2. The van der Waals surface area contributed by atoms with Crippen LogP contribution in [0.1, 0.15) is 45.4 Å². The largest absolute Gasteiger partial charge is 0.337 e. The first kappa shape index (κ1) is 18.8. The van der Waals surface area contributed by atoms with Gasteiger partial charge in [-0.3, -0.25) is 9.59 Å². The number of likely N-dealkylation sites (N-methyl/N-ethyl adjacent to an activating group) is 1. The number of rotatable bonds is 6. The number of benzene rings is 1. The summed E-state index contributed by atoms with van der Waals surface area (Å²) in [5.41, 5.74) is 1.98. The van der Waals surface area contributed by atoms with Gasteiger partial charge >= 0.3 is 0 Å². The van der Waals surface area contributed by atoms with Crippen LogP contribution in [-0.4, -0.2) is 54.2 Å². The highest BCUT2D eigenvalue weighted by Crippen LogP contribution is 2.21. The average Bonchev–Trinajstić information content (AvgIpc) is 3.17. The molecule has 1 aromatic heterocycles. The molecule has 1 amide bonds. The highest BCUT2D eigenvalue weighted by atomic mass is 32.1. The van der Waals surface area contributed by atoms with Crippen molar-refractivity contribution in [2.75, 3.05) is 26.7 Å². The molecule has 0 bridgehead atoms. The lowest BCUT2D eigenvalue weighted by Crippen LogP contribution is -2.48. The SMILES string of the molecule is CC(=O)c1cc(C(=O)N(C)[C@H]2CCCN(CCc3ccccc3)C2)cs1. The number of carbonyl (C=O) groups excluding carboxylic acids is 2. The van der Waals surface area contributed by atoms with Gasteiger partial charge in [0.2, 0.25) is 0 Å². The summed E-state index contributed by atoms with van der Waals surface area (Å²) < 4.78 is 0. The van der Waals surface area contributed by atoms with E-state index >= 15 is 0 Å². The van der Waals surface area contributed by atoms with Gasteiger partial charge in [0.05, 0.1) is 10.4 Å². The summed E-state index contributed by atoms with van der Waals surface area (Å²) in [7, 11) is 1.89. The van der Waals surface area contributed by atoms with E-state index in [9.17, 15) is 9.59 Å². The standard InChI is InChI=1S/C21H26N2O2S/c1-16(24)20-13-18(15-26-20)21(25)22(2)19-9-6-11-23(14-19)12-10-17-7-4-3-5-8-17/h3-5,7-8,13,15,19H,6,9-12,14H2,1-2H3/t19-/m0/s1. The van der Waals surface area contributed by atoms with E-state index in [2.05, 4.69) is 29.2 Å². The van der Waals surface area contributed by atoms with Crippen LogP contribution in [0.2, 0.25) is 0 Å². The number of amides is 1. The van der Waals surface area contributed by atoms with Gasteiger partial charge in [0.15, 0.2) is 5.78 Å². The summed E-state index contributed by atoms with van der Waals surface area (Å²) >= 11 is 1.35. The normalized spacial score (nSPS) is 17.8. The maximum Gasteiger partial charge on any atom is 0.254 e. The molecule has 1 aliphatic rings. The van der Waals surface area contributed by atoms with Crippen molar-refractivity contribution >= 4 is 23.0 Å². The summed E-state index contributed by atoms with van der Waals surface area (Å²) in [6.45, 7) is 4.57.